The Balaban J connectivity index is 2.21. The Kier molecular flexibility index (Phi) is 4.42. The van der Waals surface area contributed by atoms with Gasteiger partial charge in [0.2, 0.25) is 5.75 Å². The highest BCUT2D eigenvalue weighted by molar-refractivity contribution is 5.64. The summed E-state index contributed by atoms with van der Waals surface area (Å²) in [6.45, 7) is 6.55. The van der Waals surface area contributed by atoms with E-state index in [0.29, 0.717) is 5.75 Å². The molecule has 1 saturated heterocycles. The van der Waals surface area contributed by atoms with Crippen molar-refractivity contribution in [3.63, 3.8) is 0 Å². The Morgan fingerprint density at radius 1 is 1.32 bits per heavy atom. The van der Waals surface area contributed by atoms with Crippen LogP contribution in [0.3, 0.4) is 0 Å². The topological polar surface area (TPSA) is 68.3 Å². The van der Waals surface area contributed by atoms with Crippen LogP contribution in [-0.2, 0) is 4.74 Å². The molecule has 6 nitrogen and oxygen atoms in total. The Morgan fingerprint density at radius 3 is 2.63 bits per heavy atom. The zero-order valence-corrected chi connectivity index (χ0v) is 11.8. The maximum Gasteiger partial charge on any atom is 0.204 e. The van der Waals surface area contributed by atoms with Gasteiger partial charge in [-0.1, -0.05) is 0 Å². The summed E-state index contributed by atoms with van der Waals surface area (Å²) < 4.78 is 10.8. The average molecular weight is 266 g/mol. The first-order chi connectivity index (χ1) is 9.18. The summed E-state index contributed by atoms with van der Waals surface area (Å²) in [6, 6.07) is 0. The summed E-state index contributed by atoms with van der Waals surface area (Å²) >= 11 is 0. The van der Waals surface area contributed by atoms with E-state index in [2.05, 4.69) is 27.5 Å². The number of methoxy groups -OCH3 is 1. The molecule has 0 aromatic carbocycles. The summed E-state index contributed by atoms with van der Waals surface area (Å²) in [4.78, 5) is 8.51. The number of nitrogens with one attached hydrogen (secondary N) is 2. The molecule has 0 unspecified atom stereocenters. The lowest BCUT2D eigenvalue weighted by atomic mass is 9.92. The molecule has 1 aliphatic heterocycles. The monoisotopic (exact) mass is 266 g/mol. The number of ether oxygens (including phenoxy) is 2. The number of hydrogen-bond donors (Lipinski definition) is 2. The van der Waals surface area contributed by atoms with E-state index in [-0.39, 0.29) is 5.54 Å². The van der Waals surface area contributed by atoms with Gasteiger partial charge in [-0.15, -0.1) is 0 Å². The quantitative estimate of drug-likeness (QED) is 0.848. The van der Waals surface area contributed by atoms with Gasteiger partial charge in [-0.05, 0) is 26.7 Å². The molecule has 0 bridgehead atoms. The van der Waals surface area contributed by atoms with Crippen LogP contribution in [0.1, 0.15) is 26.7 Å². The van der Waals surface area contributed by atoms with E-state index in [0.717, 1.165) is 44.2 Å². The molecule has 19 heavy (non-hydrogen) atoms. The van der Waals surface area contributed by atoms with Crippen LogP contribution in [0.25, 0.3) is 0 Å². The van der Waals surface area contributed by atoms with Crippen LogP contribution in [0.2, 0.25) is 0 Å². The van der Waals surface area contributed by atoms with Crippen LogP contribution in [0.4, 0.5) is 11.6 Å². The van der Waals surface area contributed by atoms with Crippen molar-refractivity contribution in [1.29, 1.82) is 0 Å². The maximum absolute atomic E-state index is 5.43. The van der Waals surface area contributed by atoms with Gasteiger partial charge < -0.3 is 20.1 Å². The molecule has 0 atom stereocenters. The Labute approximate surface area is 113 Å². The average Bonchev–Trinajstić information content (AvgIpc) is 2.40. The van der Waals surface area contributed by atoms with Gasteiger partial charge in [-0.25, -0.2) is 9.97 Å². The van der Waals surface area contributed by atoms with E-state index in [1.54, 1.807) is 13.4 Å². The minimum absolute atomic E-state index is 0.0105. The second-order valence-electron chi connectivity index (χ2n) is 4.93. The van der Waals surface area contributed by atoms with Gasteiger partial charge in [0.05, 0.1) is 7.11 Å². The molecule has 1 aromatic rings. The van der Waals surface area contributed by atoms with Gasteiger partial charge in [-0.3, -0.25) is 0 Å². The highest BCUT2D eigenvalue weighted by Gasteiger charge is 2.29. The molecular formula is C13H22N4O2. The minimum Gasteiger partial charge on any atom is -0.490 e. The minimum atomic E-state index is -0.0105. The van der Waals surface area contributed by atoms with Gasteiger partial charge in [-0.2, -0.15) is 0 Å². The zero-order valence-electron chi connectivity index (χ0n) is 11.8. The second kappa shape index (κ2) is 6.06. The number of hydrogen-bond acceptors (Lipinski definition) is 6. The fraction of sp³-hybridized carbons (Fsp3) is 0.692. The molecule has 2 heterocycles. The van der Waals surface area contributed by atoms with Crippen LogP contribution in [0, 0.1) is 0 Å². The van der Waals surface area contributed by atoms with Crippen molar-refractivity contribution in [2.45, 2.75) is 32.2 Å². The van der Waals surface area contributed by atoms with Crippen molar-refractivity contribution in [2.24, 2.45) is 0 Å². The first-order valence-electron chi connectivity index (χ1n) is 6.67. The lowest BCUT2D eigenvalue weighted by Gasteiger charge is -2.35. The lowest BCUT2D eigenvalue weighted by molar-refractivity contribution is 0.0656. The van der Waals surface area contributed by atoms with Gasteiger partial charge >= 0.3 is 0 Å². The normalized spacial score (nSPS) is 17.8. The van der Waals surface area contributed by atoms with Crippen molar-refractivity contribution in [3.8, 4) is 5.75 Å². The first kappa shape index (κ1) is 13.9. The van der Waals surface area contributed by atoms with Crippen LogP contribution >= 0.6 is 0 Å². The van der Waals surface area contributed by atoms with Gasteiger partial charge in [0.15, 0.2) is 11.6 Å². The van der Waals surface area contributed by atoms with Crippen molar-refractivity contribution in [2.75, 3.05) is 37.5 Å². The molecule has 0 saturated carbocycles. The Morgan fingerprint density at radius 2 is 2.00 bits per heavy atom. The standard InChI is InChI=1S/C13H22N4O2/c1-4-14-11-10(18-3)12(16-9-15-11)17-13(2)5-7-19-8-6-13/h9H,4-8H2,1-3H3,(H2,14,15,16,17). The van der Waals surface area contributed by atoms with E-state index in [1.807, 2.05) is 6.92 Å². The largest absolute Gasteiger partial charge is 0.490 e. The third-order valence-corrected chi connectivity index (χ3v) is 3.37. The molecule has 106 valence electrons. The van der Waals surface area contributed by atoms with E-state index in [1.165, 1.54) is 0 Å². The molecule has 0 amide bonds. The van der Waals surface area contributed by atoms with Crippen molar-refractivity contribution >= 4 is 11.6 Å². The predicted molar refractivity (Wildman–Crippen MR) is 74.8 cm³/mol. The lowest BCUT2D eigenvalue weighted by Crippen LogP contribution is -2.41. The maximum atomic E-state index is 5.43. The van der Waals surface area contributed by atoms with Crippen molar-refractivity contribution in [3.05, 3.63) is 6.33 Å². The third-order valence-electron chi connectivity index (χ3n) is 3.37. The van der Waals surface area contributed by atoms with E-state index >= 15 is 0 Å². The Hall–Kier alpha value is -1.56. The van der Waals surface area contributed by atoms with Gasteiger partial charge in [0.1, 0.15) is 6.33 Å². The molecule has 0 radical (unpaired) electrons. The molecule has 6 heteroatoms. The summed E-state index contributed by atoms with van der Waals surface area (Å²) in [5, 5.41) is 6.66. The zero-order chi connectivity index (χ0) is 13.7. The number of rotatable bonds is 5. The molecular weight excluding hydrogens is 244 g/mol. The summed E-state index contributed by atoms with van der Waals surface area (Å²) in [5.74, 6) is 2.12. The van der Waals surface area contributed by atoms with Gasteiger partial charge in [0.25, 0.3) is 0 Å². The van der Waals surface area contributed by atoms with Crippen LogP contribution in [0.5, 0.6) is 5.75 Å². The summed E-state index contributed by atoms with van der Waals surface area (Å²) in [5.41, 5.74) is -0.0105. The van der Waals surface area contributed by atoms with E-state index in [4.69, 9.17) is 9.47 Å². The third kappa shape index (κ3) is 3.26. The summed E-state index contributed by atoms with van der Waals surface area (Å²) in [7, 11) is 1.64. The molecule has 1 aliphatic rings. The predicted octanol–water partition coefficient (Wildman–Crippen LogP) is 1.90. The van der Waals surface area contributed by atoms with Crippen LogP contribution < -0.4 is 15.4 Å². The number of nitrogens with zero attached hydrogens (tertiary/aromatic N) is 2. The van der Waals surface area contributed by atoms with Gasteiger partial charge in [0, 0.05) is 25.3 Å². The summed E-state index contributed by atoms with van der Waals surface area (Å²) in [6.07, 6.45) is 3.46. The highest BCUT2D eigenvalue weighted by Crippen LogP contribution is 2.33. The van der Waals surface area contributed by atoms with Crippen molar-refractivity contribution in [1.82, 2.24) is 9.97 Å². The van der Waals surface area contributed by atoms with Crippen LogP contribution in [0.15, 0.2) is 6.33 Å². The fourth-order valence-corrected chi connectivity index (χ4v) is 2.18. The van der Waals surface area contributed by atoms with E-state index < -0.39 is 0 Å². The number of anilines is 2. The second-order valence-corrected chi connectivity index (χ2v) is 4.93. The Bertz CT molecular complexity index is 419. The molecule has 0 aliphatic carbocycles. The van der Waals surface area contributed by atoms with Crippen LogP contribution in [-0.4, -0.2) is 42.4 Å². The smallest absolute Gasteiger partial charge is 0.204 e. The first-order valence-corrected chi connectivity index (χ1v) is 6.67. The SMILES string of the molecule is CCNc1ncnc(NC2(C)CCOCC2)c1OC. The highest BCUT2D eigenvalue weighted by atomic mass is 16.5. The fourth-order valence-electron chi connectivity index (χ4n) is 2.18. The molecule has 1 fully saturated rings. The number of aromatic nitrogens is 2. The van der Waals surface area contributed by atoms with Crippen molar-refractivity contribution < 1.29 is 9.47 Å². The molecule has 2 N–H and O–H groups in total. The molecule has 2 rings (SSSR count). The van der Waals surface area contributed by atoms with E-state index in [9.17, 15) is 0 Å². The molecule has 1 aromatic heterocycles. The molecule has 0 spiro atoms.